The molecule has 2 aromatic rings. The van der Waals surface area contributed by atoms with Crippen LogP contribution in [0.15, 0.2) is 35.5 Å². The number of ether oxygens (including phenoxy) is 5. The summed E-state index contributed by atoms with van der Waals surface area (Å²) in [6.07, 6.45) is -4.85. The minimum Gasteiger partial charge on any atom is -0.463 e. The summed E-state index contributed by atoms with van der Waals surface area (Å²) in [6.45, 7) is 4.33. The van der Waals surface area contributed by atoms with Gasteiger partial charge in [-0.25, -0.2) is 4.68 Å². The fourth-order valence-electron chi connectivity index (χ4n) is 3.53. The molecule has 5 atom stereocenters. The minimum absolute atomic E-state index is 0.190. The molecule has 2 N–H and O–H groups in total. The highest BCUT2D eigenvalue weighted by Gasteiger charge is 2.52. The number of nitrogens with zero attached hydrogens (tertiary/aromatic N) is 3. The van der Waals surface area contributed by atoms with Crippen molar-refractivity contribution in [2.24, 2.45) is 0 Å². The maximum Gasteiger partial charge on any atom is 0.303 e. The summed E-state index contributed by atoms with van der Waals surface area (Å²) >= 11 is 0.939. The van der Waals surface area contributed by atoms with Gasteiger partial charge in [0.25, 0.3) is 0 Å². The number of hydrogen-bond donors (Lipinski definition) is 1. The van der Waals surface area contributed by atoms with Crippen LogP contribution in [-0.2, 0) is 42.9 Å². The third kappa shape index (κ3) is 6.73. The summed E-state index contributed by atoms with van der Waals surface area (Å²) in [6, 6.07) is 9.08. The Labute approximate surface area is 210 Å². The van der Waals surface area contributed by atoms with E-state index < -0.39 is 53.7 Å². The maximum absolute atomic E-state index is 12.0. The molecule has 1 aromatic heterocycles. The van der Waals surface area contributed by atoms with E-state index in [2.05, 4.69) is 10.2 Å². The third-order valence-electron chi connectivity index (χ3n) is 4.87. The Morgan fingerprint density at radius 2 is 1.47 bits per heavy atom. The first-order valence-corrected chi connectivity index (χ1v) is 11.7. The van der Waals surface area contributed by atoms with E-state index in [-0.39, 0.29) is 11.8 Å². The molecule has 2 heterocycles. The summed E-state index contributed by atoms with van der Waals surface area (Å²) in [5.41, 5.74) is -0.360. The first kappa shape index (κ1) is 26.9. The van der Waals surface area contributed by atoms with Gasteiger partial charge in [0.2, 0.25) is 5.16 Å². The van der Waals surface area contributed by atoms with Crippen LogP contribution in [0, 0.1) is 0 Å². The molecule has 0 spiro atoms. The minimum atomic E-state index is -1.29. The zero-order valence-corrected chi connectivity index (χ0v) is 20.8. The van der Waals surface area contributed by atoms with Crippen molar-refractivity contribution in [3.63, 3.8) is 0 Å². The Hall–Kier alpha value is -3.65. The summed E-state index contributed by atoms with van der Waals surface area (Å²) < 4.78 is 28.6. The first-order valence-electron chi connectivity index (χ1n) is 10.8. The molecule has 2 unspecified atom stereocenters. The fraction of sp³-hybridized carbons (Fsp3) is 0.455. The van der Waals surface area contributed by atoms with Crippen LogP contribution in [0.4, 0.5) is 0 Å². The molecule has 36 heavy (non-hydrogen) atoms. The average molecular weight is 523 g/mol. The molecular formula is C22H26N4O9S. The lowest BCUT2D eigenvalue weighted by atomic mass is 9.99. The van der Waals surface area contributed by atoms with E-state index in [0.717, 1.165) is 32.5 Å². The van der Waals surface area contributed by atoms with Gasteiger partial charge in [-0.05, 0) is 11.8 Å². The molecule has 0 bridgehead atoms. The van der Waals surface area contributed by atoms with Gasteiger partial charge >= 0.3 is 23.9 Å². The van der Waals surface area contributed by atoms with Crippen LogP contribution in [0.25, 0.3) is 11.4 Å². The molecule has 1 aliphatic rings. The van der Waals surface area contributed by atoms with E-state index in [1.165, 1.54) is 11.6 Å². The molecule has 194 valence electrons. The average Bonchev–Trinajstić information content (AvgIpc) is 3.16. The lowest BCUT2D eigenvalue weighted by Gasteiger charge is -2.43. The van der Waals surface area contributed by atoms with Gasteiger partial charge in [-0.15, -0.1) is 10.2 Å². The molecule has 1 saturated heterocycles. The van der Waals surface area contributed by atoms with E-state index >= 15 is 0 Å². The van der Waals surface area contributed by atoms with Crippen molar-refractivity contribution in [1.82, 2.24) is 14.9 Å². The van der Waals surface area contributed by atoms with Crippen LogP contribution in [0.2, 0.25) is 0 Å². The Morgan fingerprint density at radius 1 is 0.889 bits per heavy atom. The summed E-state index contributed by atoms with van der Waals surface area (Å²) in [7, 11) is 0. The molecule has 13 nitrogen and oxygen atoms in total. The zero-order chi connectivity index (χ0) is 26.4. The Morgan fingerprint density at radius 3 is 2.06 bits per heavy atom. The van der Waals surface area contributed by atoms with Crippen LogP contribution in [0.1, 0.15) is 27.7 Å². The van der Waals surface area contributed by atoms with Crippen molar-refractivity contribution >= 4 is 35.6 Å². The SMILES string of the molecule is CC(=O)OCC1O[C@H](Sc2nnc(-c3ccccc3)n2N)[C@H](OC(C)=O)C(OC(C)=O)[C@H]1OC(C)=O. The van der Waals surface area contributed by atoms with Crippen LogP contribution in [-0.4, -0.2) is 75.2 Å². The molecule has 0 radical (unpaired) electrons. The van der Waals surface area contributed by atoms with Crippen molar-refractivity contribution in [2.45, 2.75) is 62.7 Å². The first-order chi connectivity index (χ1) is 17.1. The van der Waals surface area contributed by atoms with E-state index in [0.29, 0.717) is 11.4 Å². The van der Waals surface area contributed by atoms with Gasteiger partial charge in [-0.1, -0.05) is 30.3 Å². The van der Waals surface area contributed by atoms with Gasteiger partial charge in [0.05, 0.1) is 0 Å². The molecule has 14 heteroatoms. The number of rotatable bonds is 8. The van der Waals surface area contributed by atoms with E-state index in [1.54, 1.807) is 12.1 Å². The molecule has 1 aliphatic heterocycles. The van der Waals surface area contributed by atoms with Gasteiger partial charge in [-0.3, -0.25) is 19.2 Å². The van der Waals surface area contributed by atoms with Crippen LogP contribution in [0.3, 0.4) is 0 Å². The molecule has 1 fully saturated rings. The number of nitrogen functional groups attached to an aromatic ring is 1. The quantitative estimate of drug-likeness (QED) is 0.294. The molecule has 0 saturated carbocycles. The number of carbonyl (C=O) groups is 4. The lowest BCUT2D eigenvalue weighted by Crippen LogP contribution is -2.61. The number of benzene rings is 1. The maximum atomic E-state index is 12.0. The molecule has 0 aliphatic carbocycles. The molecule has 1 aromatic carbocycles. The number of hydrogen-bond acceptors (Lipinski definition) is 13. The second kappa shape index (κ2) is 11.9. The van der Waals surface area contributed by atoms with E-state index in [9.17, 15) is 19.2 Å². The van der Waals surface area contributed by atoms with Gasteiger partial charge in [0.15, 0.2) is 29.6 Å². The van der Waals surface area contributed by atoms with Crippen molar-refractivity contribution in [3.05, 3.63) is 30.3 Å². The monoisotopic (exact) mass is 522 g/mol. The Balaban J connectivity index is 1.99. The van der Waals surface area contributed by atoms with Crippen LogP contribution in [0.5, 0.6) is 0 Å². The highest BCUT2D eigenvalue weighted by atomic mass is 32.2. The predicted octanol–water partition coefficient (Wildman–Crippen LogP) is 0.834. The van der Waals surface area contributed by atoms with Crippen molar-refractivity contribution in [2.75, 3.05) is 12.4 Å². The zero-order valence-electron chi connectivity index (χ0n) is 20.0. The van der Waals surface area contributed by atoms with Crippen LogP contribution < -0.4 is 5.84 Å². The van der Waals surface area contributed by atoms with Crippen molar-refractivity contribution in [1.29, 1.82) is 0 Å². The normalized spacial score (nSPS) is 23.4. The summed E-state index contributed by atoms with van der Waals surface area (Å²) in [5, 5.41) is 8.41. The van der Waals surface area contributed by atoms with Gasteiger partial charge in [-0.2, -0.15) is 0 Å². The number of esters is 4. The predicted molar refractivity (Wildman–Crippen MR) is 123 cm³/mol. The van der Waals surface area contributed by atoms with Crippen molar-refractivity contribution < 1.29 is 42.9 Å². The number of carbonyl (C=O) groups excluding carboxylic acids is 4. The Kier molecular flexibility index (Phi) is 8.88. The third-order valence-corrected chi connectivity index (χ3v) is 5.97. The summed E-state index contributed by atoms with van der Waals surface area (Å²) in [5.74, 6) is 3.84. The van der Waals surface area contributed by atoms with Gasteiger partial charge in [0.1, 0.15) is 12.7 Å². The standard InChI is InChI=1S/C22H26N4O9S/c1-11(27)31-10-16-17(32-12(2)28)18(33-13(3)29)19(34-14(4)30)21(35-16)36-22-25-24-20(26(22)23)15-8-6-5-7-9-15/h5-9,16-19,21H,10,23H2,1-4H3/t16?,17-,18?,19+,21+/m0/s1. The lowest BCUT2D eigenvalue weighted by molar-refractivity contribution is -0.237. The van der Waals surface area contributed by atoms with Crippen LogP contribution >= 0.6 is 11.8 Å². The molecule has 0 amide bonds. The topological polar surface area (TPSA) is 171 Å². The fourth-order valence-corrected chi connectivity index (χ4v) is 4.57. The second-order valence-corrected chi connectivity index (χ2v) is 8.79. The summed E-state index contributed by atoms with van der Waals surface area (Å²) in [4.78, 5) is 47.2. The second-order valence-electron chi connectivity index (χ2n) is 7.73. The number of aromatic nitrogens is 3. The largest absolute Gasteiger partial charge is 0.463 e. The van der Waals surface area contributed by atoms with Crippen molar-refractivity contribution in [3.8, 4) is 11.4 Å². The molecular weight excluding hydrogens is 496 g/mol. The molecule has 3 rings (SSSR count). The Bertz CT molecular complexity index is 1110. The number of thioether (sulfide) groups is 1. The highest BCUT2D eigenvalue weighted by molar-refractivity contribution is 7.99. The van der Waals surface area contributed by atoms with Gasteiger partial charge < -0.3 is 29.5 Å². The number of nitrogens with two attached hydrogens (primary N) is 1. The highest BCUT2D eigenvalue weighted by Crippen LogP contribution is 2.37. The van der Waals surface area contributed by atoms with Gasteiger partial charge in [0, 0.05) is 33.3 Å². The smallest absolute Gasteiger partial charge is 0.303 e. The van der Waals surface area contributed by atoms with E-state index in [1.807, 2.05) is 18.2 Å². The van der Waals surface area contributed by atoms with E-state index in [4.69, 9.17) is 29.5 Å².